The Bertz CT molecular complexity index is 1010. The molecule has 0 aliphatic heterocycles. The minimum absolute atomic E-state index is 0.587. The first kappa shape index (κ1) is 16.0. The molecule has 6 heteroatoms. The molecule has 0 fully saturated rings. The third-order valence-electron chi connectivity index (χ3n) is 4.13. The molecule has 3 heterocycles. The van der Waals surface area contributed by atoms with Gasteiger partial charge in [0.15, 0.2) is 0 Å². The molecule has 3 aromatic heterocycles. The number of imidazole rings is 1. The Labute approximate surface area is 151 Å². The maximum atomic E-state index is 4.59. The van der Waals surface area contributed by atoms with E-state index >= 15 is 0 Å². The molecule has 0 aliphatic carbocycles. The highest BCUT2D eigenvalue weighted by Gasteiger charge is 2.07. The van der Waals surface area contributed by atoms with E-state index in [2.05, 4.69) is 42.0 Å². The van der Waals surface area contributed by atoms with Gasteiger partial charge in [-0.05, 0) is 36.8 Å². The molecule has 1 N–H and O–H groups in total. The molecule has 4 aromatic rings. The van der Waals surface area contributed by atoms with Crippen molar-refractivity contribution >= 4 is 5.95 Å². The first-order chi connectivity index (χ1) is 12.8. The van der Waals surface area contributed by atoms with E-state index in [0.29, 0.717) is 12.5 Å². The lowest BCUT2D eigenvalue weighted by Crippen LogP contribution is -2.08. The maximum absolute atomic E-state index is 4.59. The van der Waals surface area contributed by atoms with Crippen LogP contribution in [0.25, 0.3) is 16.9 Å². The van der Waals surface area contributed by atoms with Gasteiger partial charge in [0, 0.05) is 43.1 Å². The molecule has 128 valence electrons. The molecule has 26 heavy (non-hydrogen) atoms. The Balaban J connectivity index is 1.57. The van der Waals surface area contributed by atoms with Crippen LogP contribution >= 0.6 is 0 Å². The van der Waals surface area contributed by atoms with Crippen molar-refractivity contribution in [3.8, 4) is 16.9 Å². The van der Waals surface area contributed by atoms with E-state index in [9.17, 15) is 0 Å². The van der Waals surface area contributed by atoms with Gasteiger partial charge in [-0.2, -0.15) is 0 Å². The van der Waals surface area contributed by atoms with E-state index in [1.165, 1.54) is 0 Å². The average Bonchev–Trinajstić information content (AvgIpc) is 3.13. The smallest absolute Gasteiger partial charge is 0.223 e. The van der Waals surface area contributed by atoms with Crippen molar-refractivity contribution in [3.63, 3.8) is 0 Å². The summed E-state index contributed by atoms with van der Waals surface area (Å²) < 4.78 is 2.07. The van der Waals surface area contributed by atoms with E-state index in [-0.39, 0.29) is 0 Å². The Morgan fingerprint density at radius 1 is 0.962 bits per heavy atom. The fraction of sp³-hybridized carbons (Fsp3) is 0.100. The van der Waals surface area contributed by atoms with Crippen molar-refractivity contribution < 1.29 is 0 Å². The molecule has 6 nitrogen and oxygen atoms in total. The molecular weight excluding hydrogens is 324 g/mol. The van der Waals surface area contributed by atoms with E-state index in [4.69, 9.17) is 0 Å². The van der Waals surface area contributed by atoms with Gasteiger partial charge in [-0.25, -0.2) is 15.0 Å². The first-order valence-electron chi connectivity index (χ1n) is 8.37. The minimum atomic E-state index is 0.587. The summed E-state index contributed by atoms with van der Waals surface area (Å²) in [4.78, 5) is 17.4. The van der Waals surface area contributed by atoms with Gasteiger partial charge in [0.1, 0.15) is 5.82 Å². The predicted octanol–water partition coefficient (Wildman–Crippen LogP) is 3.64. The highest BCUT2D eigenvalue weighted by atomic mass is 15.1. The zero-order valence-electron chi connectivity index (χ0n) is 14.4. The Morgan fingerprint density at radius 2 is 1.88 bits per heavy atom. The summed E-state index contributed by atoms with van der Waals surface area (Å²) in [5, 5.41) is 3.32. The number of hydrogen-bond donors (Lipinski definition) is 1. The number of aromatic nitrogens is 5. The maximum Gasteiger partial charge on any atom is 0.223 e. The van der Waals surface area contributed by atoms with E-state index in [0.717, 1.165) is 28.3 Å². The standard InChI is InChI=1S/C20H18N6/c1-15-22-11-12-26(15)19-7-3-2-5-17(19)14-24-20-23-10-8-18(25-20)16-6-4-9-21-13-16/h2-13H,14H2,1H3,(H,23,24,25). The lowest BCUT2D eigenvalue weighted by molar-refractivity contribution is 0.943. The van der Waals surface area contributed by atoms with Crippen molar-refractivity contribution in [1.29, 1.82) is 0 Å². The molecule has 0 amide bonds. The fourth-order valence-electron chi connectivity index (χ4n) is 2.82. The van der Waals surface area contributed by atoms with Crippen LogP contribution in [0.15, 0.2) is 73.4 Å². The third-order valence-corrected chi connectivity index (χ3v) is 4.13. The van der Waals surface area contributed by atoms with Crippen LogP contribution in [0.4, 0.5) is 5.95 Å². The number of para-hydroxylation sites is 1. The Morgan fingerprint density at radius 3 is 2.69 bits per heavy atom. The summed E-state index contributed by atoms with van der Waals surface area (Å²) in [6.45, 7) is 2.61. The van der Waals surface area contributed by atoms with Gasteiger partial charge < -0.3 is 9.88 Å². The van der Waals surface area contributed by atoms with Gasteiger partial charge in [-0.1, -0.05) is 18.2 Å². The van der Waals surface area contributed by atoms with Crippen molar-refractivity contribution in [2.24, 2.45) is 0 Å². The lowest BCUT2D eigenvalue weighted by Gasteiger charge is -2.13. The Hall–Kier alpha value is -3.54. The molecule has 1 aromatic carbocycles. The van der Waals surface area contributed by atoms with Crippen LogP contribution in [0.2, 0.25) is 0 Å². The van der Waals surface area contributed by atoms with E-state index in [1.54, 1.807) is 24.8 Å². The summed E-state index contributed by atoms with van der Waals surface area (Å²) in [5.74, 6) is 1.54. The quantitative estimate of drug-likeness (QED) is 0.600. The molecule has 0 aliphatic rings. The molecule has 0 radical (unpaired) electrons. The number of benzene rings is 1. The van der Waals surface area contributed by atoms with E-state index < -0.39 is 0 Å². The van der Waals surface area contributed by atoms with Crippen molar-refractivity contribution in [1.82, 2.24) is 24.5 Å². The monoisotopic (exact) mass is 342 g/mol. The van der Waals surface area contributed by atoms with Crippen LogP contribution in [0.1, 0.15) is 11.4 Å². The normalized spacial score (nSPS) is 10.7. The number of rotatable bonds is 5. The fourth-order valence-corrected chi connectivity index (χ4v) is 2.82. The molecule has 0 atom stereocenters. The zero-order valence-corrected chi connectivity index (χ0v) is 14.4. The van der Waals surface area contributed by atoms with Gasteiger partial charge in [0.05, 0.1) is 11.4 Å². The second-order valence-corrected chi connectivity index (χ2v) is 5.83. The SMILES string of the molecule is Cc1nccn1-c1ccccc1CNc1nccc(-c2cccnc2)n1. The number of aryl methyl sites for hydroxylation is 1. The average molecular weight is 342 g/mol. The zero-order chi connectivity index (χ0) is 17.8. The van der Waals surface area contributed by atoms with Crippen LogP contribution in [0.3, 0.4) is 0 Å². The van der Waals surface area contributed by atoms with Gasteiger partial charge in [0.25, 0.3) is 0 Å². The van der Waals surface area contributed by atoms with Gasteiger partial charge >= 0.3 is 0 Å². The van der Waals surface area contributed by atoms with Crippen LogP contribution in [0.5, 0.6) is 0 Å². The summed E-state index contributed by atoms with van der Waals surface area (Å²) in [7, 11) is 0. The second-order valence-electron chi connectivity index (χ2n) is 5.83. The first-order valence-corrected chi connectivity index (χ1v) is 8.37. The summed E-state index contributed by atoms with van der Waals surface area (Å²) >= 11 is 0. The van der Waals surface area contributed by atoms with Crippen LogP contribution in [-0.4, -0.2) is 24.5 Å². The lowest BCUT2D eigenvalue weighted by atomic mass is 10.1. The Kier molecular flexibility index (Phi) is 4.38. The highest BCUT2D eigenvalue weighted by Crippen LogP contribution is 2.19. The predicted molar refractivity (Wildman–Crippen MR) is 101 cm³/mol. The highest BCUT2D eigenvalue weighted by molar-refractivity contribution is 5.58. The van der Waals surface area contributed by atoms with Crippen LogP contribution in [-0.2, 0) is 6.54 Å². The van der Waals surface area contributed by atoms with Crippen molar-refractivity contribution in [3.05, 3.63) is 84.8 Å². The second kappa shape index (κ2) is 7.14. The summed E-state index contributed by atoms with van der Waals surface area (Å²) in [5.41, 5.74) is 4.05. The number of hydrogen-bond acceptors (Lipinski definition) is 5. The van der Waals surface area contributed by atoms with Gasteiger partial charge in [-0.15, -0.1) is 0 Å². The van der Waals surface area contributed by atoms with Crippen LogP contribution in [0, 0.1) is 6.92 Å². The largest absolute Gasteiger partial charge is 0.350 e. The van der Waals surface area contributed by atoms with Crippen LogP contribution < -0.4 is 5.32 Å². The number of anilines is 1. The van der Waals surface area contributed by atoms with Gasteiger partial charge in [-0.3, -0.25) is 4.98 Å². The topological polar surface area (TPSA) is 68.5 Å². The number of pyridine rings is 1. The molecule has 0 saturated heterocycles. The summed E-state index contributed by atoms with van der Waals surface area (Å²) in [6, 6.07) is 14.0. The van der Waals surface area contributed by atoms with Gasteiger partial charge in [0.2, 0.25) is 5.95 Å². The molecule has 0 unspecified atom stereocenters. The van der Waals surface area contributed by atoms with Crippen molar-refractivity contribution in [2.75, 3.05) is 5.32 Å². The number of nitrogens with one attached hydrogen (secondary N) is 1. The molecule has 0 spiro atoms. The summed E-state index contributed by atoms with van der Waals surface area (Å²) in [6.07, 6.45) is 9.07. The van der Waals surface area contributed by atoms with Crippen molar-refractivity contribution in [2.45, 2.75) is 13.5 Å². The molecular formula is C20H18N6. The third kappa shape index (κ3) is 3.30. The van der Waals surface area contributed by atoms with E-state index in [1.807, 2.05) is 43.5 Å². The molecule has 4 rings (SSSR count). The molecule has 0 bridgehead atoms. The number of nitrogens with zero attached hydrogens (tertiary/aromatic N) is 5. The minimum Gasteiger partial charge on any atom is -0.350 e. The molecule has 0 saturated carbocycles.